The third-order valence-corrected chi connectivity index (χ3v) is 4.89. The fourth-order valence-corrected chi connectivity index (χ4v) is 3.55. The second-order valence-electron chi connectivity index (χ2n) is 7.17. The van der Waals surface area contributed by atoms with Gasteiger partial charge in [-0.3, -0.25) is 0 Å². The molecular formula is C20H27N. The standard InChI is InChI=1S/C20H27N/c1-4-21-14-20(2,3)13-12-15-8-9-17-11-10-16-6-5-7-18(15)19(16)17/h5-9,21H,4,10-14H2,1-3H3. The Bertz CT molecular complexity index is 629. The maximum absolute atomic E-state index is 3.49. The van der Waals surface area contributed by atoms with Gasteiger partial charge in [0.2, 0.25) is 0 Å². The monoisotopic (exact) mass is 281 g/mol. The van der Waals surface area contributed by atoms with E-state index in [-0.39, 0.29) is 0 Å². The van der Waals surface area contributed by atoms with Gasteiger partial charge in [-0.2, -0.15) is 0 Å². The van der Waals surface area contributed by atoms with Crippen LogP contribution in [0.25, 0.3) is 10.8 Å². The van der Waals surface area contributed by atoms with Gasteiger partial charge >= 0.3 is 0 Å². The number of rotatable bonds is 6. The van der Waals surface area contributed by atoms with Gasteiger partial charge in [0.25, 0.3) is 0 Å². The van der Waals surface area contributed by atoms with Crippen LogP contribution >= 0.6 is 0 Å². The lowest BCUT2D eigenvalue weighted by Crippen LogP contribution is -2.29. The van der Waals surface area contributed by atoms with E-state index < -0.39 is 0 Å². The molecule has 0 amide bonds. The van der Waals surface area contributed by atoms with Crippen LogP contribution in [0.4, 0.5) is 0 Å². The highest BCUT2D eigenvalue weighted by Crippen LogP contribution is 2.34. The Balaban J connectivity index is 1.83. The van der Waals surface area contributed by atoms with Crippen LogP contribution in [0.3, 0.4) is 0 Å². The van der Waals surface area contributed by atoms with E-state index >= 15 is 0 Å². The first-order valence-corrected chi connectivity index (χ1v) is 8.34. The van der Waals surface area contributed by atoms with Crippen LogP contribution in [-0.4, -0.2) is 13.1 Å². The van der Waals surface area contributed by atoms with Gasteiger partial charge in [0, 0.05) is 6.54 Å². The first-order valence-electron chi connectivity index (χ1n) is 8.34. The molecule has 2 aromatic carbocycles. The molecule has 0 aromatic heterocycles. The minimum Gasteiger partial charge on any atom is -0.316 e. The van der Waals surface area contributed by atoms with Crippen molar-refractivity contribution in [1.82, 2.24) is 5.32 Å². The van der Waals surface area contributed by atoms with Gasteiger partial charge in [-0.05, 0) is 65.1 Å². The number of hydrogen-bond acceptors (Lipinski definition) is 1. The molecule has 0 unspecified atom stereocenters. The van der Waals surface area contributed by atoms with Crippen molar-refractivity contribution in [3.8, 4) is 0 Å². The van der Waals surface area contributed by atoms with Crippen LogP contribution in [0.2, 0.25) is 0 Å². The Morgan fingerprint density at radius 3 is 2.57 bits per heavy atom. The summed E-state index contributed by atoms with van der Waals surface area (Å²) in [5, 5.41) is 6.55. The van der Waals surface area contributed by atoms with Crippen molar-refractivity contribution in [2.45, 2.75) is 46.5 Å². The van der Waals surface area contributed by atoms with E-state index in [1.54, 1.807) is 16.5 Å². The highest BCUT2D eigenvalue weighted by molar-refractivity contribution is 5.93. The molecule has 2 aromatic rings. The van der Waals surface area contributed by atoms with E-state index in [2.05, 4.69) is 56.4 Å². The largest absolute Gasteiger partial charge is 0.316 e. The van der Waals surface area contributed by atoms with E-state index in [9.17, 15) is 0 Å². The zero-order valence-corrected chi connectivity index (χ0v) is 13.6. The number of aryl methyl sites for hydroxylation is 3. The van der Waals surface area contributed by atoms with E-state index in [0.29, 0.717) is 5.41 Å². The number of benzene rings is 2. The quantitative estimate of drug-likeness (QED) is 0.821. The summed E-state index contributed by atoms with van der Waals surface area (Å²) in [4.78, 5) is 0. The van der Waals surface area contributed by atoms with Gasteiger partial charge in [0.05, 0.1) is 0 Å². The zero-order chi connectivity index (χ0) is 14.9. The lowest BCUT2D eigenvalue weighted by atomic mass is 9.85. The van der Waals surface area contributed by atoms with Crippen LogP contribution in [0, 0.1) is 5.41 Å². The summed E-state index contributed by atoms with van der Waals surface area (Å²) >= 11 is 0. The van der Waals surface area contributed by atoms with Crippen molar-refractivity contribution >= 4 is 10.8 Å². The Labute approximate surface area is 128 Å². The first kappa shape index (κ1) is 14.6. The van der Waals surface area contributed by atoms with Crippen LogP contribution in [-0.2, 0) is 19.3 Å². The van der Waals surface area contributed by atoms with Crippen LogP contribution in [0.15, 0.2) is 30.3 Å². The molecule has 0 aliphatic heterocycles. The third kappa shape index (κ3) is 2.98. The summed E-state index contributed by atoms with van der Waals surface area (Å²) in [6.07, 6.45) is 4.86. The van der Waals surface area contributed by atoms with E-state index in [0.717, 1.165) is 13.1 Å². The summed E-state index contributed by atoms with van der Waals surface area (Å²) in [5.41, 5.74) is 4.99. The molecule has 0 saturated carbocycles. The molecule has 0 radical (unpaired) electrons. The summed E-state index contributed by atoms with van der Waals surface area (Å²) in [6.45, 7) is 9.08. The van der Waals surface area contributed by atoms with Crippen molar-refractivity contribution in [2.75, 3.05) is 13.1 Å². The Morgan fingerprint density at radius 2 is 1.81 bits per heavy atom. The highest BCUT2D eigenvalue weighted by Gasteiger charge is 2.19. The average molecular weight is 281 g/mol. The van der Waals surface area contributed by atoms with Crippen LogP contribution in [0.1, 0.15) is 43.9 Å². The molecule has 0 atom stereocenters. The molecule has 1 nitrogen and oxygen atoms in total. The van der Waals surface area contributed by atoms with Crippen molar-refractivity contribution in [2.24, 2.45) is 5.41 Å². The summed E-state index contributed by atoms with van der Waals surface area (Å²) in [7, 11) is 0. The van der Waals surface area contributed by atoms with E-state index in [1.807, 2.05) is 0 Å². The Kier molecular flexibility index (Phi) is 4.03. The summed E-state index contributed by atoms with van der Waals surface area (Å²) < 4.78 is 0. The third-order valence-electron chi connectivity index (χ3n) is 4.89. The Hall–Kier alpha value is -1.34. The Morgan fingerprint density at radius 1 is 1.05 bits per heavy atom. The summed E-state index contributed by atoms with van der Waals surface area (Å²) in [6, 6.07) is 11.6. The molecule has 21 heavy (non-hydrogen) atoms. The van der Waals surface area contributed by atoms with Gasteiger partial charge in [-0.15, -0.1) is 0 Å². The fourth-order valence-electron chi connectivity index (χ4n) is 3.55. The van der Waals surface area contributed by atoms with Crippen LogP contribution < -0.4 is 5.32 Å². The van der Waals surface area contributed by atoms with Gasteiger partial charge in [0.15, 0.2) is 0 Å². The molecule has 0 heterocycles. The maximum atomic E-state index is 3.49. The summed E-state index contributed by atoms with van der Waals surface area (Å²) in [5.74, 6) is 0. The van der Waals surface area contributed by atoms with Gasteiger partial charge in [-0.1, -0.05) is 51.1 Å². The molecule has 3 rings (SSSR count). The van der Waals surface area contributed by atoms with Crippen molar-refractivity contribution in [3.05, 3.63) is 47.0 Å². The second-order valence-corrected chi connectivity index (χ2v) is 7.17. The fraction of sp³-hybridized carbons (Fsp3) is 0.500. The van der Waals surface area contributed by atoms with Gasteiger partial charge in [-0.25, -0.2) is 0 Å². The van der Waals surface area contributed by atoms with Crippen molar-refractivity contribution in [3.63, 3.8) is 0 Å². The SMILES string of the molecule is CCNCC(C)(C)CCc1ccc2c3c(cccc13)CC2. The molecule has 0 spiro atoms. The minimum atomic E-state index is 0.360. The maximum Gasteiger partial charge on any atom is 0.000251 e. The normalized spacial score (nSPS) is 14.0. The predicted molar refractivity (Wildman–Crippen MR) is 92.0 cm³/mol. The van der Waals surface area contributed by atoms with E-state index in [1.165, 1.54) is 36.6 Å². The molecule has 1 aliphatic rings. The average Bonchev–Trinajstić information content (AvgIpc) is 2.90. The zero-order valence-electron chi connectivity index (χ0n) is 13.6. The molecule has 0 fully saturated rings. The number of hydrogen-bond donors (Lipinski definition) is 1. The molecule has 1 heteroatoms. The first-order chi connectivity index (χ1) is 10.1. The minimum absolute atomic E-state index is 0.360. The van der Waals surface area contributed by atoms with Crippen molar-refractivity contribution in [1.29, 1.82) is 0 Å². The molecule has 112 valence electrons. The molecular weight excluding hydrogens is 254 g/mol. The molecule has 1 N–H and O–H groups in total. The number of nitrogens with one attached hydrogen (secondary N) is 1. The van der Waals surface area contributed by atoms with Crippen molar-refractivity contribution < 1.29 is 0 Å². The van der Waals surface area contributed by atoms with E-state index in [4.69, 9.17) is 0 Å². The molecule has 1 aliphatic carbocycles. The lowest BCUT2D eigenvalue weighted by Gasteiger charge is -2.25. The van der Waals surface area contributed by atoms with Crippen LogP contribution in [0.5, 0.6) is 0 Å². The lowest BCUT2D eigenvalue weighted by molar-refractivity contribution is 0.318. The predicted octanol–water partition coefficient (Wildman–Crippen LogP) is 4.51. The molecule has 0 bridgehead atoms. The second kappa shape index (κ2) is 5.81. The van der Waals surface area contributed by atoms with Gasteiger partial charge < -0.3 is 5.32 Å². The molecule has 0 saturated heterocycles. The highest BCUT2D eigenvalue weighted by atomic mass is 14.9. The van der Waals surface area contributed by atoms with Gasteiger partial charge in [0.1, 0.15) is 0 Å². The topological polar surface area (TPSA) is 12.0 Å². The smallest absolute Gasteiger partial charge is 0.000251 e.